The van der Waals surface area contributed by atoms with Crippen molar-refractivity contribution < 1.29 is 19.1 Å². The average Bonchev–Trinajstić information content (AvgIpc) is 3.02. The summed E-state index contributed by atoms with van der Waals surface area (Å²) in [5.74, 6) is -0.710. The van der Waals surface area contributed by atoms with Gasteiger partial charge in [0.2, 0.25) is 11.8 Å². The number of primary amides is 1. The molecule has 3 amide bonds. The predicted molar refractivity (Wildman–Crippen MR) is 190 cm³/mol. The molecule has 0 bridgehead atoms. The van der Waals surface area contributed by atoms with Crippen LogP contribution in [0.25, 0.3) is 0 Å². The fourth-order valence-electron chi connectivity index (χ4n) is 5.42. The lowest BCUT2D eigenvalue weighted by Gasteiger charge is -2.25. The lowest BCUT2D eigenvalue weighted by Crippen LogP contribution is -2.42. The van der Waals surface area contributed by atoms with Crippen LogP contribution in [0.1, 0.15) is 174 Å². The summed E-state index contributed by atoms with van der Waals surface area (Å²) in [7, 11) is 1.56. The SMILES string of the molecule is CCCCCC/C=C/CCCCCCCCN(CC(=O)NC)C(=O)OC(CCCCCCC/C=C/CCCCCC)CC(N)=O. The van der Waals surface area contributed by atoms with Gasteiger partial charge in [0, 0.05) is 13.6 Å². The highest BCUT2D eigenvalue weighted by atomic mass is 16.6. The van der Waals surface area contributed by atoms with Crippen molar-refractivity contribution in [2.24, 2.45) is 5.73 Å². The van der Waals surface area contributed by atoms with E-state index < -0.39 is 18.1 Å². The number of amides is 3. The summed E-state index contributed by atoms with van der Waals surface area (Å²) in [5.41, 5.74) is 5.47. The fraction of sp³-hybridized carbons (Fsp3) is 0.816. The summed E-state index contributed by atoms with van der Waals surface area (Å²) in [6.07, 6.45) is 36.0. The zero-order valence-electron chi connectivity index (χ0n) is 29.6. The van der Waals surface area contributed by atoms with Gasteiger partial charge >= 0.3 is 6.09 Å². The van der Waals surface area contributed by atoms with Crippen LogP contribution in [0.15, 0.2) is 24.3 Å². The first-order valence-electron chi connectivity index (χ1n) is 18.7. The molecular formula is C38H71N3O4. The van der Waals surface area contributed by atoms with Crippen LogP contribution in [0.2, 0.25) is 0 Å². The quantitative estimate of drug-likeness (QED) is 0.0568. The van der Waals surface area contributed by atoms with Crippen LogP contribution in [-0.2, 0) is 14.3 Å². The van der Waals surface area contributed by atoms with Crippen molar-refractivity contribution in [2.45, 2.75) is 180 Å². The fourth-order valence-corrected chi connectivity index (χ4v) is 5.42. The Hall–Kier alpha value is -2.31. The molecule has 0 radical (unpaired) electrons. The number of carbonyl (C=O) groups excluding carboxylic acids is 3. The van der Waals surface area contributed by atoms with Crippen molar-refractivity contribution in [3.8, 4) is 0 Å². The third-order valence-corrected chi connectivity index (χ3v) is 8.30. The lowest BCUT2D eigenvalue weighted by molar-refractivity contribution is -0.123. The maximum Gasteiger partial charge on any atom is 0.410 e. The van der Waals surface area contributed by atoms with Gasteiger partial charge in [-0.25, -0.2) is 4.79 Å². The number of allylic oxidation sites excluding steroid dienone is 4. The number of unbranched alkanes of at least 4 members (excludes halogenated alkanes) is 19. The molecule has 0 fully saturated rings. The summed E-state index contributed by atoms with van der Waals surface area (Å²) in [5, 5.41) is 2.60. The van der Waals surface area contributed by atoms with Crippen LogP contribution in [-0.4, -0.2) is 49.0 Å². The maximum atomic E-state index is 13.0. The minimum absolute atomic E-state index is 0.0106. The Bertz CT molecular complexity index is 768. The zero-order chi connectivity index (χ0) is 33.2. The highest BCUT2D eigenvalue weighted by Crippen LogP contribution is 2.16. The summed E-state index contributed by atoms with van der Waals surface area (Å²) < 4.78 is 5.74. The van der Waals surface area contributed by atoms with E-state index in [0.717, 1.165) is 51.4 Å². The first kappa shape index (κ1) is 42.7. The first-order valence-corrected chi connectivity index (χ1v) is 18.7. The van der Waals surface area contributed by atoms with Crippen molar-refractivity contribution >= 4 is 17.9 Å². The number of hydrogen-bond donors (Lipinski definition) is 2. The van der Waals surface area contributed by atoms with Crippen LogP contribution in [0.4, 0.5) is 4.79 Å². The van der Waals surface area contributed by atoms with Crippen LogP contribution < -0.4 is 11.1 Å². The van der Waals surface area contributed by atoms with E-state index in [1.807, 2.05) is 0 Å². The minimum Gasteiger partial charge on any atom is -0.446 e. The Morgan fingerprint density at radius 2 is 1.07 bits per heavy atom. The van der Waals surface area contributed by atoms with Gasteiger partial charge in [-0.1, -0.05) is 122 Å². The van der Waals surface area contributed by atoms with E-state index in [-0.39, 0.29) is 18.9 Å². The Balaban J connectivity index is 4.32. The van der Waals surface area contributed by atoms with Gasteiger partial charge in [0.1, 0.15) is 12.6 Å². The molecule has 0 aromatic rings. The molecule has 1 atom stereocenters. The molecule has 0 saturated heterocycles. The van der Waals surface area contributed by atoms with E-state index in [4.69, 9.17) is 10.5 Å². The molecule has 0 rings (SSSR count). The molecule has 7 heteroatoms. The number of nitrogens with zero attached hydrogens (tertiary/aromatic N) is 1. The third-order valence-electron chi connectivity index (χ3n) is 8.30. The Morgan fingerprint density at radius 1 is 0.644 bits per heavy atom. The molecule has 0 aromatic heterocycles. The van der Waals surface area contributed by atoms with Gasteiger partial charge in [0.25, 0.3) is 0 Å². The van der Waals surface area contributed by atoms with E-state index in [2.05, 4.69) is 43.5 Å². The van der Waals surface area contributed by atoms with Crippen LogP contribution in [0.3, 0.4) is 0 Å². The summed E-state index contributed by atoms with van der Waals surface area (Å²) in [6.45, 7) is 4.90. The van der Waals surface area contributed by atoms with E-state index >= 15 is 0 Å². The molecule has 0 aliphatic heterocycles. The lowest BCUT2D eigenvalue weighted by atomic mass is 10.0. The first-order chi connectivity index (χ1) is 21.9. The van der Waals surface area contributed by atoms with Gasteiger partial charge < -0.3 is 15.8 Å². The van der Waals surface area contributed by atoms with E-state index in [1.54, 1.807) is 7.05 Å². The Kier molecular flexibility index (Phi) is 31.4. The molecular weight excluding hydrogens is 562 g/mol. The molecule has 7 nitrogen and oxygen atoms in total. The monoisotopic (exact) mass is 634 g/mol. The zero-order valence-corrected chi connectivity index (χ0v) is 29.6. The van der Waals surface area contributed by atoms with Gasteiger partial charge in [-0.05, 0) is 70.6 Å². The highest BCUT2D eigenvalue weighted by Gasteiger charge is 2.23. The Morgan fingerprint density at radius 3 is 1.51 bits per heavy atom. The van der Waals surface area contributed by atoms with Gasteiger partial charge in [-0.15, -0.1) is 0 Å². The van der Waals surface area contributed by atoms with Crippen LogP contribution in [0.5, 0.6) is 0 Å². The van der Waals surface area contributed by atoms with Crippen molar-refractivity contribution in [3.63, 3.8) is 0 Å². The number of ether oxygens (including phenoxy) is 1. The number of rotatable bonds is 32. The van der Waals surface area contributed by atoms with Crippen molar-refractivity contribution in [1.29, 1.82) is 0 Å². The van der Waals surface area contributed by atoms with Gasteiger partial charge in [-0.3, -0.25) is 14.5 Å². The summed E-state index contributed by atoms with van der Waals surface area (Å²) >= 11 is 0. The number of likely N-dealkylation sites (N-methyl/N-ethyl adjacent to an activating group) is 1. The second kappa shape index (κ2) is 33.1. The van der Waals surface area contributed by atoms with Gasteiger partial charge in [0.15, 0.2) is 0 Å². The molecule has 0 aliphatic carbocycles. The van der Waals surface area contributed by atoms with Crippen molar-refractivity contribution in [2.75, 3.05) is 20.1 Å². The maximum absolute atomic E-state index is 13.0. The highest BCUT2D eigenvalue weighted by molar-refractivity contribution is 5.82. The van der Waals surface area contributed by atoms with Crippen LogP contribution >= 0.6 is 0 Å². The summed E-state index contributed by atoms with van der Waals surface area (Å²) in [6, 6.07) is 0. The molecule has 3 N–H and O–H groups in total. The molecule has 0 spiro atoms. The summed E-state index contributed by atoms with van der Waals surface area (Å²) in [4.78, 5) is 38.3. The smallest absolute Gasteiger partial charge is 0.410 e. The topological polar surface area (TPSA) is 102 Å². The number of hydrogen-bond acceptors (Lipinski definition) is 4. The molecule has 262 valence electrons. The van der Waals surface area contributed by atoms with E-state index in [1.165, 1.54) is 101 Å². The van der Waals surface area contributed by atoms with Gasteiger partial charge in [0.05, 0.1) is 6.42 Å². The molecule has 0 aliphatic rings. The van der Waals surface area contributed by atoms with Gasteiger partial charge in [-0.2, -0.15) is 0 Å². The van der Waals surface area contributed by atoms with Crippen molar-refractivity contribution in [1.82, 2.24) is 10.2 Å². The van der Waals surface area contributed by atoms with E-state index in [0.29, 0.717) is 13.0 Å². The second-order valence-corrected chi connectivity index (χ2v) is 12.7. The number of nitrogens with one attached hydrogen (secondary N) is 1. The van der Waals surface area contributed by atoms with Crippen LogP contribution in [0, 0.1) is 0 Å². The third kappa shape index (κ3) is 30.1. The standard InChI is InChI=1S/C38H71N3O4/c1-4-6-8-10-12-14-16-18-20-22-24-26-28-30-32-41(34-37(43)40-3)38(44)45-35(33-36(39)42)31-29-27-25-23-21-19-17-15-13-11-9-7-5-2/h14-17,35H,4-13,18-34H2,1-3H3,(H2,39,42)(H,40,43)/b16-14+,17-15+. The van der Waals surface area contributed by atoms with E-state index in [9.17, 15) is 14.4 Å². The number of nitrogens with two attached hydrogens (primary N) is 1. The number of carbonyl (C=O) groups is 3. The normalized spacial score (nSPS) is 12.2. The largest absolute Gasteiger partial charge is 0.446 e. The minimum atomic E-state index is -0.553. The second-order valence-electron chi connectivity index (χ2n) is 12.7. The molecule has 45 heavy (non-hydrogen) atoms. The molecule has 0 heterocycles. The molecule has 0 aromatic carbocycles. The Labute approximate surface area is 277 Å². The average molecular weight is 634 g/mol. The molecule has 0 saturated carbocycles. The molecule has 1 unspecified atom stereocenters. The predicted octanol–water partition coefficient (Wildman–Crippen LogP) is 9.93. The van der Waals surface area contributed by atoms with Crippen molar-refractivity contribution in [3.05, 3.63) is 24.3 Å².